The van der Waals surface area contributed by atoms with Crippen molar-refractivity contribution in [2.75, 3.05) is 36.5 Å². The number of anilines is 2. The molecule has 0 spiro atoms. The molecule has 1 aromatic heterocycles. The van der Waals surface area contributed by atoms with Crippen molar-refractivity contribution in [2.45, 2.75) is 33.6 Å². The quantitative estimate of drug-likeness (QED) is 0.788. The van der Waals surface area contributed by atoms with Gasteiger partial charge in [-0.3, -0.25) is 4.79 Å². The SMILES string of the molecule is CCOc1ccc(NC(=O)COc2cc(C)nc(N3CCC[C@H](C)C3)n2)cc1. The lowest BCUT2D eigenvalue weighted by atomic mass is 10.0. The van der Waals surface area contributed by atoms with E-state index < -0.39 is 0 Å². The van der Waals surface area contributed by atoms with Gasteiger partial charge in [0.15, 0.2) is 6.61 Å². The maximum absolute atomic E-state index is 12.2. The Bertz CT molecular complexity index is 795. The second kappa shape index (κ2) is 9.39. The lowest BCUT2D eigenvalue weighted by Gasteiger charge is -2.31. The van der Waals surface area contributed by atoms with Crippen LogP contribution in [0.3, 0.4) is 0 Å². The van der Waals surface area contributed by atoms with Crippen molar-refractivity contribution >= 4 is 17.5 Å². The third-order valence-electron chi connectivity index (χ3n) is 4.56. The molecule has 0 radical (unpaired) electrons. The van der Waals surface area contributed by atoms with E-state index in [4.69, 9.17) is 9.47 Å². The lowest BCUT2D eigenvalue weighted by molar-refractivity contribution is -0.118. The summed E-state index contributed by atoms with van der Waals surface area (Å²) in [7, 11) is 0. The monoisotopic (exact) mass is 384 g/mol. The van der Waals surface area contributed by atoms with Crippen LogP contribution < -0.4 is 19.7 Å². The topological polar surface area (TPSA) is 76.6 Å². The molecule has 0 aliphatic carbocycles. The molecule has 0 unspecified atom stereocenters. The van der Waals surface area contributed by atoms with E-state index in [1.165, 1.54) is 6.42 Å². The summed E-state index contributed by atoms with van der Waals surface area (Å²) in [6.07, 6.45) is 2.37. The average Bonchev–Trinajstić information content (AvgIpc) is 2.68. The van der Waals surface area contributed by atoms with Crippen molar-refractivity contribution < 1.29 is 14.3 Å². The highest BCUT2D eigenvalue weighted by Crippen LogP contribution is 2.22. The molecule has 3 rings (SSSR count). The first-order valence-electron chi connectivity index (χ1n) is 9.79. The van der Waals surface area contributed by atoms with Gasteiger partial charge in [0.2, 0.25) is 11.8 Å². The minimum Gasteiger partial charge on any atom is -0.494 e. The number of nitrogens with one attached hydrogen (secondary N) is 1. The zero-order chi connectivity index (χ0) is 19.9. The van der Waals surface area contributed by atoms with Gasteiger partial charge in [0.25, 0.3) is 5.91 Å². The van der Waals surface area contributed by atoms with E-state index in [1.54, 1.807) is 18.2 Å². The molecule has 1 aromatic carbocycles. The molecule has 1 aliphatic heterocycles. The summed E-state index contributed by atoms with van der Waals surface area (Å²) in [6, 6.07) is 8.99. The zero-order valence-electron chi connectivity index (χ0n) is 16.8. The molecule has 1 N–H and O–H groups in total. The summed E-state index contributed by atoms with van der Waals surface area (Å²) in [5.41, 5.74) is 1.52. The van der Waals surface area contributed by atoms with Crippen molar-refractivity contribution in [1.82, 2.24) is 9.97 Å². The number of rotatable bonds is 7. The number of hydrogen-bond acceptors (Lipinski definition) is 6. The van der Waals surface area contributed by atoms with Crippen LogP contribution in [0, 0.1) is 12.8 Å². The van der Waals surface area contributed by atoms with E-state index in [1.807, 2.05) is 26.0 Å². The second-order valence-corrected chi connectivity index (χ2v) is 7.14. The van der Waals surface area contributed by atoms with E-state index in [0.29, 0.717) is 30.0 Å². The molecular weight excluding hydrogens is 356 g/mol. The van der Waals surface area contributed by atoms with E-state index in [0.717, 1.165) is 31.0 Å². The highest BCUT2D eigenvalue weighted by molar-refractivity contribution is 5.91. The molecule has 1 fully saturated rings. The zero-order valence-corrected chi connectivity index (χ0v) is 16.8. The lowest BCUT2D eigenvalue weighted by Crippen LogP contribution is -2.35. The predicted molar refractivity (Wildman–Crippen MR) is 109 cm³/mol. The van der Waals surface area contributed by atoms with Gasteiger partial charge in [0, 0.05) is 30.5 Å². The van der Waals surface area contributed by atoms with Crippen molar-refractivity contribution in [2.24, 2.45) is 5.92 Å². The van der Waals surface area contributed by atoms with Crippen LogP contribution in [0.2, 0.25) is 0 Å². The Morgan fingerprint density at radius 2 is 2.04 bits per heavy atom. The highest BCUT2D eigenvalue weighted by atomic mass is 16.5. The first-order valence-corrected chi connectivity index (χ1v) is 9.79. The number of piperidine rings is 1. The van der Waals surface area contributed by atoms with Crippen molar-refractivity contribution in [3.05, 3.63) is 36.0 Å². The average molecular weight is 384 g/mol. The van der Waals surface area contributed by atoms with E-state index >= 15 is 0 Å². The number of ether oxygens (including phenoxy) is 2. The molecular formula is C21H28N4O3. The van der Waals surface area contributed by atoms with Crippen LogP contribution in [0.25, 0.3) is 0 Å². The standard InChI is InChI=1S/C21H28N4O3/c1-4-27-18-9-7-17(8-10-18)23-19(26)14-28-20-12-16(3)22-21(24-20)25-11-5-6-15(2)13-25/h7-10,12,15H,4-6,11,13-14H2,1-3H3,(H,23,26)/t15-/m0/s1. The summed E-state index contributed by atoms with van der Waals surface area (Å²) >= 11 is 0. The summed E-state index contributed by atoms with van der Waals surface area (Å²) in [4.78, 5) is 23.4. The number of hydrogen-bond donors (Lipinski definition) is 1. The Labute approximate surface area is 166 Å². The van der Waals surface area contributed by atoms with Crippen LogP contribution in [0.4, 0.5) is 11.6 Å². The molecule has 7 nitrogen and oxygen atoms in total. The number of carbonyl (C=O) groups is 1. The molecule has 150 valence electrons. The van der Waals surface area contributed by atoms with Gasteiger partial charge in [-0.2, -0.15) is 4.98 Å². The summed E-state index contributed by atoms with van der Waals surface area (Å²) in [5, 5.41) is 2.81. The van der Waals surface area contributed by atoms with Gasteiger partial charge in [0.1, 0.15) is 5.75 Å². The molecule has 1 aliphatic rings. The van der Waals surface area contributed by atoms with Gasteiger partial charge in [-0.15, -0.1) is 0 Å². The molecule has 7 heteroatoms. The largest absolute Gasteiger partial charge is 0.494 e. The number of aryl methyl sites for hydroxylation is 1. The van der Waals surface area contributed by atoms with Crippen LogP contribution in [0.1, 0.15) is 32.4 Å². The summed E-state index contributed by atoms with van der Waals surface area (Å²) < 4.78 is 11.0. The van der Waals surface area contributed by atoms with Crippen LogP contribution >= 0.6 is 0 Å². The number of carbonyl (C=O) groups excluding carboxylic acids is 1. The van der Waals surface area contributed by atoms with Gasteiger partial charge < -0.3 is 19.7 Å². The fraction of sp³-hybridized carbons (Fsp3) is 0.476. The highest BCUT2D eigenvalue weighted by Gasteiger charge is 2.19. The molecule has 1 atom stereocenters. The van der Waals surface area contributed by atoms with Crippen molar-refractivity contribution in [3.8, 4) is 11.6 Å². The second-order valence-electron chi connectivity index (χ2n) is 7.14. The maximum Gasteiger partial charge on any atom is 0.262 e. The Balaban J connectivity index is 1.56. The van der Waals surface area contributed by atoms with E-state index in [9.17, 15) is 4.79 Å². The number of benzene rings is 1. The van der Waals surface area contributed by atoms with Crippen LogP contribution in [0.5, 0.6) is 11.6 Å². The van der Waals surface area contributed by atoms with Gasteiger partial charge in [-0.1, -0.05) is 6.92 Å². The smallest absolute Gasteiger partial charge is 0.262 e. The van der Waals surface area contributed by atoms with Gasteiger partial charge in [-0.05, 0) is 56.9 Å². The minimum atomic E-state index is -0.242. The molecule has 1 amide bonds. The molecule has 2 aromatic rings. The third-order valence-corrected chi connectivity index (χ3v) is 4.56. The normalized spacial score (nSPS) is 16.5. The molecule has 0 bridgehead atoms. The summed E-state index contributed by atoms with van der Waals surface area (Å²) in [6.45, 7) is 8.47. The fourth-order valence-corrected chi connectivity index (χ4v) is 3.25. The summed E-state index contributed by atoms with van der Waals surface area (Å²) in [5.74, 6) is 2.25. The molecule has 28 heavy (non-hydrogen) atoms. The number of amides is 1. The van der Waals surface area contributed by atoms with E-state index in [-0.39, 0.29) is 12.5 Å². The first-order chi connectivity index (χ1) is 13.5. The Hall–Kier alpha value is -2.83. The Kier molecular flexibility index (Phi) is 6.68. The van der Waals surface area contributed by atoms with Crippen LogP contribution in [-0.4, -0.2) is 42.2 Å². The predicted octanol–water partition coefficient (Wildman–Crippen LogP) is 3.44. The Morgan fingerprint density at radius 3 is 2.75 bits per heavy atom. The van der Waals surface area contributed by atoms with Crippen molar-refractivity contribution in [1.29, 1.82) is 0 Å². The fourth-order valence-electron chi connectivity index (χ4n) is 3.25. The van der Waals surface area contributed by atoms with Gasteiger partial charge >= 0.3 is 0 Å². The minimum absolute atomic E-state index is 0.112. The van der Waals surface area contributed by atoms with Gasteiger partial charge in [0.05, 0.1) is 6.61 Å². The maximum atomic E-state index is 12.2. The molecule has 1 saturated heterocycles. The Morgan fingerprint density at radius 1 is 1.25 bits per heavy atom. The number of nitrogens with zero attached hydrogens (tertiary/aromatic N) is 3. The van der Waals surface area contributed by atoms with Crippen molar-refractivity contribution in [3.63, 3.8) is 0 Å². The number of aromatic nitrogens is 2. The molecule has 2 heterocycles. The van der Waals surface area contributed by atoms with E-state index in [2.05, 4.69) is 27.1 Å². The first kappa shape index (κ1) is 19.9. The third kappa shape index (κ3) is 5.58. The van der Waals surface area contributed by atoms with Gasteiger partial charge in [-0.25, -0.2) is 4.98 Å². The van der Waals surface area contributed by atoms with Crippen LogP contribution in [-0.2, 0) is 4.79 Å². The molecule has 0 saturated carbocycles. The van der Waals surface area contributed by atoms with Crippen LogP contribution in [0.15, 0.2) is 30.3 Å².